The van der Waals surface area contributed by atoms with Crippen molar-refractivity contribution in [3.63, 3.8) is 0 Å². The lowest BCUT2D eigenvalue weighted by molar-refractivity contribution is -0.150. The second-order valence-corrected chi connectivity index (χ2v) is 15.8. The summed E-state index contributed by atoms with van der Waals surface area (Å²) < 4.78 is 11.4. The van der Waals surface area contributed by atoms with Gasteiger partial charge in [0, 0.05) is 19.4 Å². The first-order chi connectivity index (χ1) is 24.9. The van der Waals surface area contributed by atoms with E-state index in [0.29, 0.717) is 19.4 Å². The van der Waals surface area contributed by atoms with Crippen LogP contribution in [0.2, 0.25) is 0 Å². The van der Waals surface area contributed by atoms with Gasteiger partial charge in [-0.15, -0.1) is 0 Å². The monoisotopic (exact) mass is 724 g/mol. The molecule has 0 aliphatic carbocycles. The molecule has 0 rings (SSSR count). The molecule has 1 atom stereocenters. The van der Waals surface area contributed by atoms with Gasteiger partial charge in [-0.1, -0.05) is 162 Å². The number of hydrogen-bond donors (Lipinski definition) is 1. The summed E-state index contributed by atoms with van der Waals surface area (Å²) in [4.78, 5) is 27.1. The summed E-state index contributed by atoms with van der Waals surface area (Å²) in [6, 6.07) is 0. The normalized spacial score (nSPS) is 12.2. The molecule has 0 saturated heterocycles. The molecule has 0 aliphatic heterocycles. The fraction of sp³-hybridized carbons (Fsp3) is 0.956. The Hall–Kier alpha value is -1.14. The summed E-state index contributed by atoms with van der Waals surface area (Å²) in [6.45, 7) is 12.0. The maximum atomic E-state index is 12.7. The van der Waals surface area contributed by atoms with Gasteiger partial charge in [0.05, 0.1) is 12.7 Å². The highest BCUT2D eigenvalue weighted by Gasteiger charge is 2.14. The van der Waals surface area contributed by atoms with E-state index in [1.54, 1.807) is 0 Å². The van der Waals surface area contributed by atoms with Crippen LogP contribution in [-0.4, -0.2) is 60.4 Å². The number of hydrogen-bond acceptors (Lipinski definition) is 6. The molecule has 0 fully saturated rings. The van der Waals surface area contributed by atoms with Gasteiger partial charge in [0.15, 0.2) is 0 Å². The third kappa shape index (κ3) is 38.4. The Morgan fingerprint density at radius 1 is 0.490 bits per heavy atom. The molecule has 0 saturated carbocycles. The Kier molecular flexibility index (Phi) is 39.2. The van der Waals surface area contributed by atoms with Gasteiger partial charge < -0.3 is 19.5 Å². The Bertz CT molecular complexity index is 713. The fourth-order valence-electron chi connectivity index (χ4n) is 7.07. The number of unbranched alkanes of at least 4 members (excludes halogenated alkanes) is 24. The van der Waals surface area contributed by atoms with Crippen molar-refractivity contribution in [1.29, 1.82) is 0 Å². The maximum Gasteiger partial charge on any atom is 0.306 e. The average Bonchev–Trinajstić information content (AvgIpc) is 3.10. The van der Waals surface area contributed by atoms with E-state index in [1.165, 1.54) is 122 Å². The lowest BCUT2D eigenvalue weighted by atomic mass is 10.0. The zero-order chi connectivity index (χ0) is 37.5. The largest absolute Gasteiger partial charge is 0.466 e. The van der Waals surface area contributed by atoms with Crippen LogP contribution in [0.4, 0.5) is 0 Å². The number of aliphatic hydroxyl groups is 1. The number of carbonyl (C=O) groups is 2. The summed E-state index contributed by atoms with van der Waals surface area (Å²) in [5.41, 5.74) is 0. The third-order valence-corrected chi connectivity index (χ3v) is 10.3. The average molecular weight is 724 g/mol. The first-order valence-corrected chi connectivity index (χ1v) is 22.7. The molecule has 6 nitrogen and oxygen atoms in total. The van der Waals surface area contributed by atoms with Gasteiger partial charge in [-0.05, 0) is 77.8 Å². The van der Waals surface area contributed by atoms with Crippen molar-refractivity contribution < 1.29 is 24.2 Å². The first kappa shape index (κ1) is 49.9. The second-order valence-electron chi connectivity index (χ2n) is 15.8. The minimum absolute atomic E-state index is 0.0128. The highest BCUT2D eigenvalue weighted by atomic mass is 16.5. The van der Waals surface area contributed by atoms with Gasteiger partial charge in [0.2, 0.25) is 0 Å². The van der Waals surface area contributed by atoms with Crippen LogP contribution in [0.15, 0.2) is 0 Å². The van der Waals surface area contributed by atoms with Crippen molar-refractivity contribution in [2.45, 2.75) is 252 Å². The van der Waals surface area contributed by atoms with Crippen LogP contribution in [0.5, 0.6) is 0 Å². The van der Waals surface area contributed by atoms with Gasteiger partial charge in [0.25, 0.3) is 0 Å². The van der Waals surface area contributed by atoms with Crippen LogP contribution in [0.3, 0.4) is 0 Å². The molecule has 0 aromatic carbocycles. The molecule has 1 unspecified atom stereocenters. The molecule has 0 aliphatic rings. The van der Waals surface area contributed by atoms with E-state index in [0.717, 1.165) is 96.7 Å². The number of carbonyl (C=O) groups excluding carboxylic acids is 2. The van der Waals surface area contributed by atoms with Crippen LogP contribution < -0.4 is 0 Å². The van der Waals surface area contributed by atoms with Gasteiger partial charge in [-0.2, -0.15) is 0 Å². The predicted molar refractivity (Wildman–Crippen MR) is 218 cm³/mol. The van der Waals surface area contributed by atoms with Crippen molar-refractivity contribution in [2.75, 3.05) is 26.2 Å². The standard InChI is InChI=1S/C45H89NO5/c1-5-8-11-14-17-26-33-40-50-44(48)36-29-22-18-24-31-38-46(41-42(4)47)39-32-25-19-23-30-37-45(49)51-43(34-27-20-15-12-9-6-2)35-28-21-16-13-10-7-3/h42-43,47H,5-41H2,1-4H3. The number of esters is 2. The molecule has 0 radical (unpaired) electrons. The predicted octanol–water partition coefficient (Wildman–Crippen LogP) is 13.1. The van der Waals surface area contributed by atoms with E-state index < -0.39 is 0 Å². The van der Waals surface area contributed by atoms with Gasteiger partial charge in [-0.25, -0.2) is 0 Å². The number of aliphatic hydroxyl groups excluding tert-OH is 1. The summed E-state index contributed by atoms with van der Waals surface area (Å²) in [5, 5.41) is 10.0. The molecule has 0 spiro atoms. The van der Waals surface area contributed by atoms with Crippen LogP contribution in [0.25, 0.3) is 0 Å². The molecule has 0 amide bonds. The van der Waals surface area contributed by atoms with E-state index in [-0.39, 0.29) is 24.1 Å². The Balaban J connectivity index is 4.03. The molecule has 0 bridgehead atoms. The molecule has 1 N–H and O–H groups in total. The molecular weight excluding hydrogens is 634 g/mol. The van der Waals surface area contributed by atoms with Crippen molar-refractivity contribution in [1.82, 2.24) is 4.90 Å². The molecule has 0 heterocycles. The van der Waals surface area contributed by atoms with E-state index in [4.69, 9.17) is 9.47 Å². The van der Waals surface area contributed by atoms with E-state index >= 15 is 0 Å². The van der Waals surface area contributed by atoms with Crippen molar-refractivity contribution >= 4 is 11.9 Å². The van der Waals surface area contributed by atoms with Crippen LogP contribution in [0.1, 0.15) is 240 Å². The fourth-order valence-corrected chi connectivity index (χ4v) is 7.07. The zero-order valence-corrected chi connectivity index (χ0v) is 34.8. The van der Waals surface area contributed by atoms with Crippen LogP contribution in [0, 0.1) is 0 Å². The number of nitrogens with zero attached hydrogens (tertiary/aromatic N) is 1. The van der Waals surface area contributed by atoms with Gasteiger partial charge in [0.1, 0.15) is 6.10 Å². The highest BCUT2D eigenvalue weighted by Crippen LogP contribution is 2.18. The molecular formula is C45H89NO5. The number of rotatable bonds is 41. The lowest BCUT2D eigenvalue weighted by Gasteiger charge is -2.23. The maximum absolute atomic E-state index is 12.7. The van der Waals surface area contributed by atoms with E-state index in [1.807, 2.05) is 6.92 Å². The number of ether oxygens (including phenoxy) is 2. The summed E-state index contributed by atoms with van der Waals surface area (Å²) in [5.74, 6) is -0.0194. The Labute approximate surface area is 318 Å². The molecule has 6 heteroatoms. The smallest absolute Gasteiger partial charge is 0.306 e. The topological polar surface area (TPSA) is 76.1 Å². The van der Waals surface area contributed by atoms with Crippen molar-refractivity contribution in [3.05, 3.63) is 0 Å². The Morgan fingerprint density at radius 2 is 0.863 bits per heavy atom. The Morgan fingerprint density at radius 3 is 1.31 bits per heavy atom. The third-order valence-electron chi connectivity index (χ3n) is 10.3. The minimum atomic E-state index is -0.311. The summed E-state index contributed by atoms with van der Waals surface area (Å²) in [7, 11) is 0. The van der Waals surface area contributed by atoms with Gasteiger partial charge in [-0.3, -0.25) is 9.59 Å². The summed E-state index contributed by atoms with van der Waals surface area (Å²) in [6.07, 6.45) is 37.9. The second kappa shape index (κ2) is 40.1. The minimum Gasteiger partial charge on any atom is -0.466 e. The van der Waals surface area contributed by atoms with Gasteiger partial charge >= 0.3 is 11.9 Å². The van der Waals surface area contributed by atoms with Crippen LogP contribution >= 0.6 is 0 Å². The van der Waals surface area contributed by atoms with Crippen molar-refractivity contribution in [2.24, 2.45) is 0 Å². The van der Waals surface area contributed by atoms with E-state index in [9.17, 15) is 14.7 Å². The molecule has 0 aromatic heterocycles. The quantitative estimate of drug-likeness (QED) is 0.0500. The highest BCUT2D eigenvalue weighted by molar-refractivity contribution is 5.69. The first-order valence-electron chi connectivity index (χ1n) is 22.7. The van der Waals surface area contributed by atoms with Crippen molar-refractivity contribution in [3.8, 4) is 0 Å². The molecule has 0 aromatic rings. The summed E-state index contributed by atoms with van der Waals surface area (Å²) >= 11 is 0. The van der Waals surface area contributed by atoms with E-state index in [2.05, 4.69) is 25.7 Å². The SMILES string of the molecule is CCCCCCCCCOC(=O)CCCCCCCN(CCCCCCCC(=O)OC(CCCCCCCC)CCCCCCCC)CC(C)O. The molecule has 51 heavy (non-hydrogen) atoms. The lowest BCUT2D eigenvalue weighted by Crippen LogP contribution is -2.32. The zero-order valence-electron chi connectivity index (χ0n) is 34.8. The van der Waals surface area contributed by atoms with Crippen LogP contribution in [-0.2, 0) is 19.1 Å². The molecule has 304 valence electrons.